The van der Waals surface area contributed by atoms with Gasteiger partial charge in [0, 0.05) is 16.1 Å². The lowest BCUT2D eigenvalue weighted by molar-refractivity contribution is 1.11. The molecule has 0 aliphatic heterocycles. The van der Waals surface area contributed by atoms with E-state index in [0.717, 1.165) is 10.5 Å². The van der Waals surface area contributed by atoms with Crippen LogP contribution in [0.2, 0.25) is 0 Å². The second kappa shape index (κ2) is 6.63. The van der Waals surface area contributed by atoms with E-state index in [0.29, 0.717) is 21.8 Å². The molecule has 0 atom stereocenters. The third kappa shape index (κ3) is 2.79. The number of nitrogens with zero attached hydrogens (tertiary/aromatic N) is 3. The molecule has 1 aromatic carbocycles. The SMILES string of the molecule is N#Cc1c(N)nc(Sc2ccccc2N)c(C#N)c1-c1ccsc1. The number of hydrogen-bond acceptors (Lipinski definition) is 7. The highest BCUT2D eigenvalue weighted by Crippen LogP contribution is 2.39. The van der Waals surface area contributed by atoms with Gasteiger partial charge in [-0.05, 0) is 34.5 Å². The number of thiophene rings is 1. The van der Waals surface area contributed by atoms with Crippen LogP contribution in [-0.4, -0.2) is 4.98 Å². The van der Waals surface area contributed by atoms with Crippen LogP contribution in [0.4, 0.5) is 11.5 Å². The van der Waals surface area contributed by atoms with Crippen molar-refractivity contribution in [2.24, 2.45) is 0 Å². The molecule has 0 unspecified atom stereocenters. The molecule has 0 spiro atoms. The fourth-order valence-corrected chi connectivity index (χ4v) is 3.83. The zero-order valence-corrected chi connectivity index (χ0v) is 14.0. The maximum Gasteiger partial charge on any atom is 0.143 e. The predicted molar refractivity (Wildman–Crippen MR) is 96.4 cm³/mol. The molecule has 3 rings (SSSR count). The first kappa shape index (κ1) is 15.9. The molecular weight excluding hydrogens is 338 g/mol. The number of nitriles is 2. The number of para-hydroxylation sites is 1. The standard InChI is InChI=1S/C17H11N5S2/c18-7-11-15(10-5-6-23-9-10)12(8-19)17(22-16(11)21)24-14-4-2-1-3-13(14)20/h1-6,9H,20H2,(H2,21,22). The Labute approximate surface area is 147 Å². The average Bonchev–Trinajstić information content (AvgIpc) is 3.10. The number of benzene rings is 1. The number of aromatic nitrogens is 1. The van der Waals surface area contributed by atoms with Crippen molar-refractivity contribution in [1.29, 1.82) is 10.5 Å². The minimum atomic E-state index is 0.106. The second-order valence-electron chi connectivity index (χ2n) is 4.80. The molecule has 2 aromatic heterocycles. The van der Waals surface area contributed by atoms with Gasteiger partial charge in [-0.15, -0.1) is 0 Å². The third-order valence-electron chi connectivity index (χ3n) is 3.35. The molecule has 3 aromatic rings. The van der Waals surface area contributed by atoms with Crippen molar-refractivity contribution < 1.29 is 0 Å². The van der Waals surface area contributed by atoms with Crippen LogP contribution in [0.5, 0.6) is 0 Å². The summed E-state index contributed by atoms with van der Waals surface area (Å²) in [6, 6.07) is 13.4. The summed E-state index contributed by atoms with van der Waals surface area (Å²) in [4.78, 5) is 5.04. The molecule has 0 saturated heterocycles. The average molecular weight is 349 g/mol. The first-order valence-electron chi connectivity index (χ1n) is 6.84. The van der Waals surface area contributed by atoms with Crippen LogP contribution in [0.3, 0.4) is 0 Å². The highest BCUT2D eigenvalue weighted by molar-refractivity contribution is 7.99. The van der Waals surface area contributed by atoms with Gasteiger partial charge in [-0.1, -0.05) is 23.9 Å². The first-order valence-corrected chi connectivity index (χ1v) is 8.60. The van der Waals surface area contributed by atoms with E-state index in [2.05, 4.69) is 17.1 Å². The lowest BCUT2D eigenvalue weighted by Gasteiger charge is -2.12. The lowest BCUT2D eigenvalue weighted by atomic mass is 9.99. The summed E-state index contributed by atoms with van der Waals surface area (Å²) in [5, 5.41) is 23.3. The van der Waals surface area contributed by atoms with Gasteiger partial charge in [-0.3, -0.25) is 0 Å². The number of rotatable bonds is 3. The van der Waals surface area contributed by atoms with Gasteiger partial charge < -0.3 is 11.5 Å². The maximum absolute atomic E-state index is 9.67. The Kier molecular flexibility index (Phi) is 4.39. The fraction of sp³-hybridized carbons (Fsp3) is 0. The van der Waals surface area contributed by atoms with E-state index in [1.165, 1.54) is 23.1 Å². The Morgan fingerprint density at radius 3 is 2.42 bits per heavy atom. The molecule has 5 nitrogen and oxygen atoms in total. The molecule has 0 aliphatic carbocycles. The van der Waals surface area contributed by atoms with E-state index in [4.69, 9.17) is 11.5 Å². The van der Waals surface area contributed by atoms with Gasteiger partial charge in [0.1, 0.15) is 28.5 Å². The Morgan fingerprint density at radius 1 is 1.04 bits per heavy atom. The molecule has 2 heterocycles. The van der Waals surface area contributed by atoms with Crippen LogP contribution in [0, 0.1) is 22.7 Å². The molecule has 0 amide bonds. The molecular formula is C17H11N5S2. The van der Waals surface area contributed by atoms with Crippen molar-refractivity contribution in [3.63, 3.8) is 0 Å². The van der Waals surface area contributed by atoms with Crippen LogP contribution < -0.4 is 11.5 Å². The van der Waals surface area contributed by atoms with Crippen LogP contribution in [-0.2, 0) is 0 Å². The quantitative estimate of drug-likeness (QED) is 0.694. The largest absolute Gasteiger partial charge is 0.398 e. The summed E-state index contributed by atoms with van der Waals surface area (Å²) in [6.45, 7) is 0. The minimum Gasteiger partial charge on any atom is -0.398 e. The van der Waals surface area contributed by atoms with Crippen molar-refractivity contribution in [1.82, 2.24) is 4.98 Å². The van der Waals surface area contributed by atoms with E-state index in [1.807, 2.05) is 35.0 Å². The minimum absolute atomic E-state index is 0.106. The van der Waals surface area contributed by atoms with Crippen LogP contribution >= 0.6 is 23.1 Å². The monoisotopic (exact) mass is 349 g/mol. The first-order chi connectivity index (χ1) is 11.7. The predicted octanol–water partition coefficient (Wildman–Crippen LogP) is 3.87. The van der Waals surface area contributed by atoms with Gasteiger partial charge in [-0.25, -0.2) is 4.98 Å². The Hall–Kier alpha value is -3.00. The Balaban J connectivity index is 2.24. The second-order valence-corrected chi connectivity index (χ2v) is 6.61. The van der Waals surface area contributed by atoms with E-state index in [9.17, 15) is 10.5 Å². The molecule has 7 heteroatoms. The third-order valence-corrected chi connectivity index (χ3v) is 5.11. The van der Waals surface area contributed by atoms with Crippen LogP contribution in [0.25, 0.3) is 11.1 Å². The number of hydrogen-bond donors (Lipinski definition) is 2. The van der Waals surface area contributed by atoms with Crippen molar-refractivity contribution in [3.05, 3.63) is 52.2 Å². The summed E-state index contributed by atoms with van der Waals surface area (Å²) >= 11 is 2.75. The summed E-state index contributed by atoms with van der Waals surface area (Å²) in [5.74, 6) is 0.106. The normalized spacial score (nSPS) is 10.1. The number of anilines is 2. The smallest absolute Gasteiger partial charge is 0.143 e. The molecule has 0 aliphatic rings. The van der Waals surface area contributed by atoms with Crippen LogP contribution in [0.15, 0.2) is 51.0 Å². The molecule has 0 fully saturated rings. The maximum atomic E-state index is 9.67. The van der Waals surface area contributed by atoms with Gasteiger partial charge >= 0.3 is 0 Å². The summed E-state index contributed by atoms with van der Waals surface area (Å²) in [6.07, 6.45) is 0. The van der Waals surface area contributed by atoms with Gasteiger partial charge in [0.2, 0.25) is 0 Å². The molecule has 0 radical (unpaired) electrons. The van der Waals surface area contributed by atoms with Crippen molar-refractivity contribution >= 4 is 34.6 Å². The van der Waals surface area contributed by atoms with E-state index < -0.39 is 0 Å². The molecule has 0 bridgehead atoms. The molecule has 24 heavy (non-hydrogen) atoms. The van der Waals surface area contributed by atoms with Gasteiger partial charge in [0.25, 0.3) is 0 Å². The van der Waals surface area contributed by atoms with E-state index >= 15 is 0 Å². The molecule has 116 valence electrons. The Bertz CT molecular complexity index is 981. The lowest BCUT2D eigenvalue weighted by Crippen LogP contribution is -2.03. The zero-order chi connectivity index (χ0) is 17.1. The molecule has 0 saturated carbocycles. The van der Waals surface area contributed by atoms with E-state index in [-0.39, 0.29) is 11.4 Å². The highest BCUT2D eigenvalue weighted by atomic mass is 32.2. The van der Waals surface area contributed by atoms with E-state index in [1.54, 1.807) is 6.07 Å². The zero-order valence-electron chi connectivity index (χ0n) is 12.4. The van der Waals surface area contributed by atoms with Gasteiger partial charge in [-0.2, -0.15) is 21.9 Å². The topological polar surface area (TPSA) is 113 Å². The van der Waals surface area contributed by atoms with Gasteiger partial charge in [0.05, 0.1) is 5.56 Å². The number of nitrogens with two attached hydrogens (primary N) is 2. The summed E-state index contributed by atoms with van der Waals surface area (Å²) < 4.78 is 0. The summed E-state index contributed by atoms with van der Waals surface area (Å²) in [7, 11) is 0. The summed E-state index contributed by atoms with van der Waals surface area (Å²) in [5.41, 5.74) is 14.4. The number of nitrogen functional groups attached to an aromatic ring is 2. The fourth-order valence-electron chi connectivity index (χ4n) is 2.24. The highest BCUT2D eigenvalue weighted by Gasteiger charge is 2.21. The van der Waals surface area contributed by atoms with Gasteiger partial charge in [0.15, 0.2) is 0 Å². The van der Waals surface area contributed by atoms with Crippen molar-refractivity contribution in [2.45, 2.75) is 9.92 Å². The Morgan fingerprint density at radius 2 is 1.79 bits per heavy atom. The van der Waals surface area contributed by atoms with Crippen LogP contribution in [0.1, 0.15) is 11.1 Å². The van der Waals surface area contributed by atoms with Crippen molar-refractivity contribution in [2.75, 3.05) is 11.5 Å². The number of pyridine rings is 1. The molecule has 4 N–H and O–H groups in total. The van der Waals surface area contributed by atoms with Crippen molar-refractivity contribution in [3.8, 4) is 23.3 Å².